The Balaban J connectivity index is 2.00. The van der Waals surface area contributed by atoms with E-state index in [0.29, 0.717) is 0 Å². The summed E-state index contributed by atoms with van der Waals surface area (Å²) in [4.78, 5) is 0. The van der Waals surface area contributed by atoms with Gasteiger partial charge in [-0.15, -0.1) is 0 Å². The molecule has 0 spiro atoms. The predicted molar refractivity (Wildman–Crippen MR) is 169 cm³/mol. The van der Waals surface area contributed by atoms with Gasteiger partial charge in [-0.2, -0.15) is 0 Å². The van der Waals surface area contributed by atoms with Crippen molar-refractivity contribution in [2.24, 2.45) is 0 Å². The first-order chi connectivity index (χ1) is 18.3. The molecule has 0 saturated heterocycles. The number of hydrogen-bond donors (Lipinski definition) is 0. The van der Waals surface area contributed by atoms with E-state index in [4.69, 9.17) is 0 Å². The highest BCUT2D eigenvalue weighted by atomic mass is 28.3. The van der Waals surface area contributed by atoms with Crippen LogP contribution in [0.25, 0.3) is 16.9 Å². The lowest BCUT2D eigenvalue weighted by atomic mass is 9.91. The van der Waals surface area contributed by atoms with Crippen LogP contribution in [0.15, 0.2) is 59.7 Å². The first-order valence-electron chi connectivity index (χ1n) is 15.4. The van der Waals surface area contributed by atoms with E-state index in [1.807, 2.05) is 0 Å². The highest BCUT2D eigenvalue weighted by Gasteiger charge is 2.35. The third-order valence-corrected chi connectivity index (χ3v) is 9.61. The molecule has 0 radical (unpaired) electrons. The molecule has 0 bridgehead atoms. The standard InChI is InChI=1S/C35H52N2Si/c1-7-10-13-16-32-33(17-14-11-8-2)35(31-24-20-29(21-25-31)26-27-38(4,5)6)37(36)34(32)30-22-18-28(19-23-30)15-12-9-3/h18-25H,7-17,26-27H2,1-6H3. The van der Waals surface area contributed by atoms with Gasteiger partial charge in [0, 0.05) is 30.3 Å². The van der Waals surface area contributed by atoms with Crippen LogP contribution in [0.4, 0.5) is 0 Å². The molecule has 2 aromatic rings. The van der Waals surface area contributed by atoms with Gasteiger partial charge in [0.1, 0.15) is 0 Å². The third-order valence-electron chi connectivity index (χ3n) is 7.86. The number of rotatable bonds is 16. The summed E-state index contributed by atoms with van der Waals surface area (Å²) in [6.45, 7) is 14.1. The second kappa shape index (κ2) is 14.8. The molecule has 38 heavy (non-hydrogen) atoms. The van der Waals surface area contributed by atoms with Crippen molar-refractivity contribution in [3.05, 3.63) is 87.5 Å². The zero-order chi connectivity index (χ0) is 27.5. The largest absolute Gasteiger partial charge is 0.493 e. The van der Waals surface area contributed by atoms with Gasteiger partial charge in [-0.25, -0.2) is 4.70 Å². The second-order valence-corrected chi connectivity index (χ2v) is 18.1. The molecular weight excluding hydrogens is 476 g/mol. The van der Waals surface area contributed by atoms with Gasteiger partial charge in [0.15, 0.2) is 0 Å². The molecule has 2 nitrogen and oxygen atoms in total. The molecule has 1 heterocycles. The SMILES string of the molecule is CCCCCC1=C(c2ccc(CCCC)cc2)[N+](=[N-])C(c2ccc(CC[Si](C)(C)C)cc2)=C1CCCCC. The topological polar surface area (TPSA) is 25.3 Å². The van der Waals surface area contributed by atoms with Crippen molar-refractivity contribution in [1.29, 1.82) is 0 Å². The van der Waals surface area contributed by atoms with Crippen LogP contribution in [0.5, 0.6) is 0 Å². The minimum Gasteiger partial charge on any atom is -0.493 e. The normalized spacial score (nSPS) is 14.2. The Labute approximate surface area is 234 Å². The van der Waals surface area contributed by atoms with E-state index in [-0.39, 0.29) is 0 Å². The Hall–Kier alpha value is -2.26. The molecule has 1 aliphatic heterocycles. The third kappa shape index (κ3) is 8.37. The lowest BCUT2D eigenvalue weighted by Crippen LogP contribution is -2.19. The van der Waals surface area contributed by atoms with Gasteiger partial charge in [-0.05, 0) is 80.3 Å². The zero-order valence-electron chi connectivity index (χ0n) is 25.2. The Morgan fingerprint density at radius 2 is 0.974 bits per heavy atom. The minimum absolute atomic E-state index is 1.01. The van der Waals surface area contributed by atoms with Crippen LogP contribution in [-0.4, -0.2) is 12.8 Å². The fourth-order valence-corrected chi connectivity index (χ4v) is 6.49. The Bertz CT molecular complexity index is 1100. The van der Waals surface area contributed by atoms with Gasteiger partial charge in [-0.3, -0.25) is 0 Å². The number of aryl methyl sites for hydroxylation is 2. The molecule has 0 amide bonds. The van der Waals surface area contributed by atoms with Crippen LogP contribution in [-0.2, 0) is 12.8 Å². The summed E-state index contributed by atoms with van der Waals surface area (Å²) in [5.41, 5.74) is 21.6. The van der Waals surface area contributed by atoms with Crippen molar-refractivity contribution >= 4 is 19.5 Å². The van der Waals surface area contributed by atoms with Gasteiger partial charge in [0.2, 0.25) is 11.4 Å². The summed E-state index contributed by atoms with van der Waals surface area (Å²) in [5.74, 6) is 0. The Morgan fingerprint density at radius 1 is 0.553 bits per heavy atom. The maximum Gasteiger partial charge on any atom is 0.211 e. The van der Waals surface area contributed by atoms with E-state index in [9.17, 15) is 5.53 Å². The molecule has 0 atom stereocenters. The van der Waals surface area contributed by atoms with Gasteiger partial charge in [0.05, 0.1) is 0 Å². The number of unbranched alkanes of at least 4 members (excludes halogenated alkanes) is 5. The minimum atomic E-state index is -1.07. The molecule has 3 heteroatoms. The molecule has 0 aliphatic carbocycles. The second-order valence-electron chi connectivity index (χ2n) is 12.4. The van der Waals surface area contributed by atoms with Crippen molar-refractivity contribution in [1.82, 2.24) is 0 Å². The first-order valence-corrected chi connectivity index (χ1v) is 19.1. The summed E-state index contributed by atoms with van der Waals surface area (Å²) in [7, 11) is -1.07. The van der Waals surface area contributed by atoms with Crippen LogP contribution in [0, 0.1) is 0 Å². The van der Waals surface area contributed by atoms with E-state index in [0.717, 1.165) is 61.0 Å². The van der Waals surface area contributed by atoms with E-state index in [2.05, 4.69) is 88.9 Å². The van der Waals surface area contributed by atoms with E-state index in [1.54, 1.807) is 4.70 Å². The molecule has 2 aromatic carbocycles. The van der Waals surface area contributed by atoms with Crippen molar-refractivity contribution in [2.75, 3.05) is 0 Å². The lowest BCUT2D eigenvalue weighted by Gasteiger charge is -2.15. The molecule has 0 fully saturated rings. The van der Waals surface area contributed by atoms with Crippen LogP contribution < -0.4 is 0 Å². The maximum absolute atomic E-state index is 11.8. The van der Waals surface area contributed by atoms with Gasteiger partial charge in [0.25, 0.3) is 0 Å². The highest BCUT2D eigenvalue weighted by molar-refractivity contribution is 6.76. The number of hydrogen-bond acceptors (Lipinski definition) is 0. The maximum atomic E-state index is 11.8. The fraction of sp³-hybridized carbons (Fsp3) is 0.543. The van der Waals surface area contributed by atoms with Crippen molar-refractivity contribution in [3.8, 4) is 0 Å². The molecule has 0 unspecified atom stereocenters. The van der Waals surface area contributed by atoms with E-state index in [1.165, 1.54) is 66.8 Å². The molecule has 3 rings (SSSR count). The van der Waals surface area contributed by atoms with E-state index >= 15 is 0 Å². The van der Waals surface area contributed by atoms with Crippen molar-refractivity contribution < 1.29 is 4.70 Å². The number of benzene rings is 2. The summed E-state index contributed by atoms with van der Waals surface area (Å²) in [6.07, 6.45) is 13.9. The molecule has 206 valence electrons. The predicted octanol–water partition coefficient (Wildman–Crippen LogP) is 11.2. The fourth-order valence-electron chi connectivity index (χ4n) is 5.45. The molecule has 0 N–H and O–H groups in total. The quantitative estimate of drug-likeness (QED) is 0.118. The first kappa shape index (κ1) is 30.3. The van der Waals surface area contributed by atoms with Gasteiger partial charge < -0.3 is 5.53 Å². The summed E-state index contributed by atoms with van der Waals surface area (Å²) < 4.78 is 1.54. The average Bonchev–Trinajstić information content (AvgIpc) is 3.17. The molecule has 0 saturated carbocycles. The highest BCUT2D eigenvalue weighted by Crippen LogP contribution is 2.44. The van der Waals surface area contributed by atoms with Crippen LogP contribution >= 0.6 is 0 Å². The summed E-state index contributed by atoms with van der Waals surface area (Å²) >= 11 is 0. The summed E-state index contributed by atoms with van der Waals surface area (Å²) in [6, 6.07) is 19.4. The van der Waals surface area contributed by atoms with Crippen LogP contribution in [0.3, 0.4) is 0 Å². The average molecular weight is 529 g/mol. The smallest absolute Gasteiger partial charge is 0.211 e. The summed E-state index contributed by atoms with van der Waals surface area (Å²) in [5, 5.41) is 0. The number of allylic oxidation sites excluding steroid dienone is 2. The monoisotopic (exact) mass is 528 g/mol. The van der Waals surface area contributed by atoms with E-state index < -0.39 is 8.07 Å². The van der Waals surface area contributed by atoms with Crippen LogP contribution in [0.2, 0.25) is 25.7 Å². The van der Waals surface area contributed by atoms with Crippen molar-refractivity contribution in [2.45, 2.75) is 124 Å². The van der Waals surface area contributed by atoms with Gasteiger partial charge in [-0.1, -0.05) is 103 Å². The molecule has 1 aliphatic rings. The zero-order valence-corrected chi connectivity index (χ0v) is 26.2. The van der Waals surface area contributed by atoms with Crippen molar-refractivity contribution in [3.63, 3.8) is 0 Å². The Kier molecular flexibility index (Phi) is 11.8. The van der Waals surface area contributed by atoms with Gasteiger partial charge >= 0.3 is 0 Å². The molecule has 0 aromatic heterocycles. The lowest BCUT2D eigenvalue weighted by molar-refractivity contribution is -0.345. The molecular formula is C35H52N2Si. The van der Waals surface area contributed by atoms with Crippen LogP contribution in [0.1, 0.15) is 107 Å². The number of nitrogens with zero attached hydrogens (tertiary/aromatic N) is 2. The Morgan fingerprint density at radius 3 is 1.37 bits per heavy atom.